The van der Waals surface area contributed by atoms with E-state index in [0.29, 0.717) is 6.04 Å². The molecule has 1 aromatic carbocycles. The third kappa shape index (κ3) is 6.22. The molecule has 0 bridgehead atoms. The average Bonchev–Trinajstić information content (AvgIpc) is 2.69. The number of aryl methyl sites for hydroxylation is 1. The largest absolute Gasteiger partial charge is 0.393 e. The van der Waals surface area contributed by atoms with Gasteiger partial charge in [0, 0.05) is 25.7 Å². The van der Waals surface area contributed by atoms with Gasteiger partial charge in [0.15, 0.2) is 5.96 Å². The summed E-state index contributed by atoms with van der Waals surface area (Å²) in [5, 5.41) is 16.5. The maximum atomic E-state index is 9.65. The highest BCUT2D eigenvalue weighted by atomic mass is 16.5. The fourth-order valence-electron chi connectivity index (χ4n) is 4.10. The SMILES string of the molecule is CCNC(=NCCCOC1CCCc2ccccc21)NC1CCC(O)CC1. The number of nitrogens with zero attached hydrogens (tertiary/aromatic N) is 1. The smallest absolute Gasteiger partial charge is 0.191 e. The number of aliphatic hydroxyl groups is 1. The number of aliphatic hydroxyl groups excluding tert-OH is 1. The van der Waals surface area contributed by atoms with Crippen LogP contribution in [0.4, 0.5) is 0 Å². The van der Waals surface area contributed by atoms with Crippen LogP contribution in [0.25, 0.3) is 0 Å². The number of hydrogen-bond donors (Lipinski definition) is 3. The predicted octanol–water partition coefficient (Wildman–Crippen LogP) is 3.33. The maximum Gasteiger partial charge on any atom is 0.191 e. The molecule has 0 radical (unpaired) electrons. The van der Waals surface area contributed by atoms with E-state index in [1.807, 2.05) is 0 Å². The molecular weight excluding hydrogens is 338 g/mol. The minimum absolute atomic E-state index is 0.121. The first kappa shape index (κ1) is 20.2. The van der Waals surface area contributed by atoms with Crippen LogP contribution in [-0.4, -0.2) is 42.9 Å². The quantitative estimate of drug-likeness (QED) is 0.390. The second-order valence-electron chi connectivity index (χ2n) is 7.71. The van der Waals surface area contributed by atoms with Crippen molar-refractivity contribution in [3.8, 4) is 0 Å². The highest BCUT2D eigenvalue weighted by Crippen LogP contribution is 2.32. The van der Waals surface area contributed by atoms with Gasteiger partial charge in [0.05, 0.1) is 12.2 Å². The van der Waals surface area contributed by atoms with Crippen LogP contribution in [0.2, 0.25) is 0 Å². The molecule has 27 heavy (non-hydrogen) atoms. The molecule has 1 atom stereocenters. The van der Waals surface area contributed by atoms with Crippen molar-refractivity contribution in [2.45, 2.75) is 76.5 Å². The van der Waals surface area contributed by atoms with Crippen molar-refractivity contribution >= 4 is 5.96 Å². The number of nitrogens with one attached hydrogen (secondary N) is 2. The standard InChI is InChI=1S/C22H35N3O2/c1-2-23-22(25-18-11-13-19(26)14-12-18)24-15-6-16-27-21-10-5-8-17-7-3-4-9-20(17)21/h3-4,7,9,18-19,21,26H,2,5-6,8,10-16H2,1H3,(H2,23,24,25). The van der Waals surface area contributed by atoms with Crippen LogP contribution in [0, 0.1) is 0 Å². The molecule has 0 heterocycles. The monoisotopic (exact) mass is 373 g/mol. The van der Waals surface area contributed by atoms with Crippen molar-refractivity contribution in [2.75, 3.05) is 19.7 Å². The van der Waals surface area contributed by atoms with Crippen LogP contribution in [0.3, 0.4) is 0 Å². The van der Waals surface area contributed by atoms with Gasteiger partial charge in [0.2, 0.25) is 0 Å². The first-order chi connectivity index (χ1) is 13.3. The summed E-state index contributed by atoms with van der Waals surface area (Å²) in [7, 11) is 0. The van der Waals surface area contributed by atoms with E-state index in [0.717, 1.165) is 64.2 Å². The van der Waals surface area contributed by atoms with Crippen molar-refractivity contribution in [3.05, 3.63) is 35.4 Å². The molecule has 0 amide bonds. The highest BCUT2D eigenvalue weighted by Gasteiger charge is 2.21. The molecule has 5 nitrogen and oxygen atoms in total. The number of rotatable bonds is 7. The third-order valence-corrected chi connectivity index (χ3v) is 5.59. The number of guanidine groups is 1. The van der Waals surface area contributed by atoms with E-state index < -0.39 is 0 Å². The van der Waals surface area contributed by atoms with Crippen molar-refractivity contribution < 1.29 is 9.84 Å². The fraction of sp³-hybridized carbons (Fsp3) is 0.682. The Balaban J connectivity index is 1.41. The minimum Gasteiger partial charge on any atom is -0.393 e. The van der Waals surface area contributed by atoms with E-state index in [1.54, 1.807) is 0 Å². The van der Waals surface area contributed by atoms with Crippen LogP contribution in [-0.2, 0) is 11.2 Å². The number of ether oxygens (including phenoxy) is 1. The van der Waals surface area contributed by atoms with Crippen molar-refractivity contribution in [3.63, 3.8) is 0 Å². The Kier molecular flexibility index (Phi) is 7.96. The normalized spacial score (nSPS) is 25.7. The number of benzene rings is 1. The number of hydrogen-bond acceptors (Lipinski definition) is 3. The van der Waals surface area contributed by atoms with Gasteiger partial charge in [-0.2, -0.15) is 0 Å². The summed E-state index contributed by atoms with van der Waals surface area (Å²) in [4.78, 5) is 4.71. The Labute approximate surface area is 163 Å². The molecule has 0 spiro atoms. The number of fused-ring (bicyclic) bond motifs is 1. The molecule has 0 aliphatic heterocycles. The molecule has 2 aliphatic carbocycles. The van der Waals surface area contributed by atoms with Gasteiger partial charge in [-0.3, -0.25) is 4.99 Å². The minimum atomic E-state index is -0.121. The lowest BCUT2D eigenvalue weighted by Crippen LogP contribution is -2.45. The third-order valence-electron chi connectivity index (χ3n) is 5.59. The molecule has 2 aliphatic rings. The topological polar surface area (TPSA) is 65.9 Å². The second-order valence-corrected chi connectivity index (χ2v) is 7.71. The summed E-state index contributed by atoms with van der Waals surface area (Å²) < 4.78 is 6.18. The first-order valence-electron chi connectivity index (χ1n) is 10.7. The van der Waals surface area contributed by atoms with Gasteiger partial charge < -0.3 is 20.5 Å². The molecule has 0 saturated heterocycles. The predicted molar refractivity (Wildman–Crippen MR) is 110 cm³/mol. The number of aliphatic imine (C=N–C) groups is 1. The Bertz CT molecular complexity index is 597. The molecule has 1 fully saturated rings. The van der Waals surface area contributed by atoms with E-state index >= 15 is 0 Å². The van der Waals surface area contributed by atoms with E-state index in [2.05, 4.69) is 41.8 Å². The molecule has 5 heteroatoms. The highest BCUT2D eigenvalue weighted by molar-refractivity contribution is 5.80. The summed E-state index contributed by atoms with van der Waals surface area (Å²) in [6.45, 7) is 4.46. The van der Waals surface area contributed by atoms with Crippen LogP contribution in [0.1, 0.15) is 69.1 Å². The average molecular weight is 374 g/mol. The van der Waals surface area contributed by atoms with E-state index in [9.17, 15) is 5.11 Å². The van der Waals surface area contributed by atoms with E-state index in [-0.39, 0.29) is 12.2 Å². The molecule has 3 N–H and O–H groups in total. The summed E-state index contributed by atoms with van der Waals surface area (Å²) >= 11 is 0. The lowest BCUT2D eigenvalue weighted by atomic mass is 9.89. The molecule has 150 valence electrons. The zero-order valence-electron chi connectivity index (χ0n) is 16.6. The summed E-state index contributed by atoms with van der Waals surface area (Å²) in [6, 6.07) is 9.10. The van der Waals surface area contributed by atoms with Crippen molar-refractivity contribution in [2.24, 2.45) is 4.99 Å². The zero-order valence-corrected chi connectivity index (χ0v) is 16.6. The van der Waals surface area contributed by atoms with Crippen molar-refractivity contribution in [1.82, 2.24) is 10.6 Å². The summed E-state index contributed by atoms with van der Waals surface area (Å²) in [6.07, 6.45) is 8.35. The summed E-state index contributed by atoms with van der Waals surface area (Å²) in [5.74, 6) is 0.891. The summed E-state index contributed by atoms with van der Waals surface area (Å²) in [5.41, 5.74) is 2.82. The van der Waals surface area contributed by atoms with E-state index in [1.165, 1.54) is 24.0 Å². The van der Waals surface area contributed by atoms with Gasteiger partial charge in [-0.05, 0) is 69.4 Å². The molecule has 1 unspecified atom stereocenters. The molecular formula is C22H35N3O2. The Morgan fingerprint density at radius 2 is 2.00 bits per heavy atom. The Hall–Kier alpha value is -1.59. The molecule has 3 rings (SSSR count). The van der Waals surface area contributed by atoms with Crippen LogP contribution in [0.15, 0.2) is 29.3 Å². The van der Waals surface area contributed by atoms with Gasteiger partial charge in [-0.15, -0.1) is 0 Å². The fourth-order valence-corrected chi connectivity index (χ4v) is 4.10. The van der Waals surface area contributed by atoms with Gasteiger partial charge in [-0.1, -0.05) is 24.3 Å². The lowest BCUT2D eigenvalue weighted by molar-refractivity contribution is 0.0402. The Morgan fingerprint density at radius 1 is 1.19 bits per heavy atom. The van der Waals surface area contributed by atoms with Gasteiger partial charge in [0.1, 0.15) is 0 Å². The van der Waals surface area contributed by atoms with Gasteiger partial charge in [0.25, 0.3) is 0 Å². The molecule has 1 saturated carbocycles. The maximum absolute atomic E-state index is 9.65. The van der Waals surface area contributed by atoms with Gasteiger partial charge in [-0.25, -0.2) is 0 Å². The van der Waals surface area contributed by atoms with E-state index in [4.69, 9.17) is 9.73 Å². The lowest BCUT2D eigenvalue weighted by Gasteiger charge is -2.27. The molecule has 0 aromatic heterocycles. The Morgan fingerprint density at radius 3 is 2.81 bits per heavy atom. The van der Waals surface area contributed by atoms with Crippen LogP contribution >= 0.6 is 0 Å². The van der Waals surface area contributed by atoms with Gasteiger partial charge >= 0.3 is 0 Å². The first-order valence-corrected chi connectivity index (χ1v) is 10.7. The van der Waals surface area contributed by atoms with Crippen LogP contribution in [0.5, 0.6) is 0 Å². The zero-order chi connectivity index (χ0) is 18.9. The van der Waals surface area contributed by atoms with Crippen LogP contribution < -0.4 is 10.6 Å². The molecule has 1 aromatic rings. The van der Waals surface area contributed by atoms with Crippen molar-refractivity contribution in [1.29, 1.82) is 0 Å². The second kappa shape index (κ2) is 10.7.